The Balaban J connectivity index is 1.16. The average Bonchev–Trinajstić information content (AvgIpc) is 3.35. The molecule has 1 aromatic carbocycles. The molecule has 4 heterocycles. The van der Waals surface area contributed by atoms with Crippen molar-refractivity contribution in [1.29, 1.82) is 0 Å². The summed E-state index contributed by atoms with van der Waals surface area (Å²) in [5, 5.41) is 8.02. The zero-order valence-corrected chi connectivity index (χ0v) is 21.5. The van der Waals surface area contributed by atoms with Gasteiger partial charge in [0.1, 0.15) is 11.6 Å². The molecular weight excluding hydrogens is 534 g/mol. The van der Waals surface area contributed by atoms with E-state index in [1.54, 1.807) is 17.0 Å². The molecule has 3 N–H and O–H groups in total. The van der Waals surface area contributed by atoms with E-state index < -0.39 is 35.4 Å². The highest BCUT2D eigenvalue weighted by molar-refractivity contribution is 6.03. The van der Waals surface area contributed by atoms with Crippen molar-refractivity contribution in [2.45, 2.75) is 32.0 Å². The fraction of sp³-hybridized carbons (Fsp3) is 0.385. The van der Waals surface area contributed by atoms with Gasteiger partial charge in [0.25, 0.3) is 11.9 Å². The lowest BCUT2D eigenvalue weighted by atomic mass is 10.0. The van der Waals surface area contributed by atoms with E-state index in [1.807, 2.05) is 6.92 Å². The quantitative estimate of drug-likeness (QED) is 0.361. The second-order valence-corrected chi connectivity index (χ2v) is 9.91. The van der Waals surface area contributed by atoms with Crippen LogP contribution in [0.4, 0.5) is 45.6 Å². The number of hydrogen-bond acceptors (Lipinski definition) is 7. The highest BCUT2D eigenvalue weighted by Crippen LogP contribution is 2.35. The Hall–Kier alpha value is -4.36. The van der Waals surface area contributed by atoms with Crippen molar-refractivity contribution in [2.24, 2.45) is 5.92 Å². The number of alkyl halides is 3. The molecule has 212 valence electrons. The summed E-state index contributed by atoms with van der Waals surface area (Å²) in [6, 6.07) is 8.11. The van der Waals surface area contributed by atoms with Gasteiger partial charge in [-0.2, -0.15) is 18.2 Å². The van der Waals surface area contributed by atoms with Crippen LogP contribution >= 0.6 is 0 Å². The van der Waals surface area contributed by atoms with Gasteiger partial charge in [-0.15, -0.1) is 0 Å². The predicted octanol–water partition coefficient (Wildman–Crippen LogP) is 5.04. The number of carbonyl (C=O) groups excluding carboxylic acids is 2. The van der Waals surface area contributed by atoms with E-state index in [0.717, 1.165) is 12.8 Å². The number of para-hydroxylation sites is 1. The van der Waals surface area contributed by atoms with E-state index in [1.165, 1.54) is 35.4 Å². The number of piperidine rings is 1. The van der Waals surface area contributed by atoms with Crippen molar-refractivity contribution in [3.8, 4) is 0 Å². The maximum atomic E-state index is 13.7. The molecule has 2 aliphatic heterocycles. The topological polar surface area (TPSA) is 116 Å². The highest BCUT2D eigenvalue weighted by Gasteiger charge is 2.42. The van der Waals surface area contributed by atoms with Crippen LogP contribution in [0.5, 0.6) is 0 Å². The molecule has 0 aliphatic carbocycles. The molecule has 2 saturated heterocycles. The number of likely N-dealkylation sites (tertiary alicyclic amines) is 1. The maximum Gasteiger partial charge on any atom is 0.437 e. The average molecular weight is 562 g/mol. The first-order valence-electron chi connectivity index (χ1n) is 12.7. The summed E-state index contributed by atoms with van der Waals surface area (Å²) >= 11 is 0. The third-order valence-electron chi connectivity index (χ3n) is 6.68. The summed E-state index contributed by atoms with van der Waals surface area (Å²) in [5.74, 6) is -1.82. The molecule has 3 aromatic rings. The maximum absolute atomic E-state index is 13.7. The third-order valence-corrected chi connectivity index (χ3v) is 6.68. The van der Waals surface area contributed by atoms with Crippen LogP contribution in [0.1, 0.15) is 36.0 Å². The number of oxazole rings is 1. The lowest BCUT2D eigenvalue weighted by Crippen LogP contribution is -2.58. The van der Waals surface area contributed by atoms with Gasteiger partial charge < -0.3 is 30.2 Å². The van der Waals surface area contributed by atoms with E-state index >= 15 is 0 Å². The Morgan fingerprint density at radius 3 is 2.52 bits per heavy atom. The van der Waals surface area contributed by atoms with Gasteiger partial charge in [0.15, 0.2) is 5.69 Å². The van der Waals surface area contributed by atoms with Crippen LogP contribution in [0.2, 0.25) is 0 Å². The molecule has 3 amide bonds. The normalized spacial score (nSPS) is 17.8. The molecule has 2 fully saturated rings. The summed E-state index contributed by atoms with van der Waals surface area (Å²) in [6.45, 7) is 3.68. The van der Waals surface area contributed by atoms with Crippen molar-refractivity contribution in [2.75, 3.05) is 47.0 Å². The van der Waals surface area contributed by atoms with Crippen LogP contribution in [-0.2, 0) is 6.18 Å². The van der Waals surface area contributed by atoms with E-state index in [9.17, 15) is 27.2 Å². The van der Waals surface area contributed by atoms with Crippen LogP contribution < -0.4 is 20.9 Å². The van der Waals surface area contributed by atoms with E-state index in [0.29, 0.717) is 32.0 Å². The molecule has 10 nitrogen and oxygen atoms in total. The number of hydrogen-bond donors (Lipinski definition) is 3. The monoisotopic (exact) mass is 561 g/mol. The number of halogens is 4. The van der Waals surface area contributed by atoms with Crippen molar-refractivity contribution >= 4 is 35.1 Å². The Labute approximate surface area is 226 Å². The number of pyridine rings is 1. The molecule has 1 atom stereocenters. The second kappa shape index (κ2) is 11.0. The van der Waals surface area contributed by atoms with Crippen LogP contribution in [0, 0.1) is 11.7 Å². The number of carbonyl (C=O) groups is 2. The molecule has 2 aromatic heterocycles. The number of amides is 3. The minimum atomic E-state index is -4.87. The summed E-state index contributed by atoms with van der Waals surface area (Å²) in [4.78, 5) is 35.9. The van der Waals surface area contributed by atoms with Gasteiger partial charge >= 0.3 is 12.2 Å². The molecule has 0 saturated carbocycles. The number of rotatable bonds is 6. The third kappa shape index (κ3) is 6.10. The number of nitrogens with zero attached hydrogens (tertiary/aromatic N) is 4. The van der Waals surface area contributed by atoms with Gasteiger partial charge in [0.2, 0.25) is 5.76 Å². The highest BCUT2D eigenvalue weighted by atomic mass is 19.4. The molecule has 14 heteroatoms. The van der Waals surface area contributed by atoms with Gasteiger partial charge in [-0.3, -0.25) is 4.79 Å². The predicted molar refractivity (Wildman–Crippen MR) is 139 cm³/mol. The molecule has 0 spiro atoms. The molecule has 0 bridgehead atoms. The Morgan fingerprint density at radius 1 is 1.07 bits per heavy atom. The van der Waals surface area contributed by atoms with E-state index in [4.69, 9.17) is 4.42 Å². The molecule has 40 heavy (non-hydrogen) atoms. The van der Waals surface area contributed by atoms with Gasteiger partial charge in [-0.1, -0.05) is 19.1 Å². The van der Waals surface area contributed by atoms with Crippen molar-refractivity contribution in [1.82, 2.24) is 14.9 Å². The first-order chi connectivity index (χ1) is 19.1. The fourth-order valence-corrected chi connectivity index (χ4v) is 4.60. The summed E-state index contributed by atoms with van der Waals surface area (Å²) in [5.41, 5.74) is -1.13. The smallest absolute Gasteiger partial charge is 0.417 e. The van der Waals surface area contributed by atoms with Crippen molar-refractivity contribution in [3.63, 3.8) is 0 Å². The first-order valence-corrected chi connectivity index (χ1v) is 12.7. The number of benzene rings is 1. The lowest BCUT2D eigenvalue weighted by Gasteiger charge is -2.39. The zero-order valence-electron chi connectivity index (χ0n) is 21.5. The molecule has 2 aliphatic rings. The Kier molecular flexibility index (Phi) is 7.50. The summed E-state index contributed by atoms with van der Waals surface area (Å²) < 4.78 is 60.0. The van der Waals surface area contributed by atoms with Gasteiger partial charge in [-0.05, 0) is 43.0 Å². The lowest BCUT2D eigenvalue weighted by molar-refractivity contribution is -0.141. The van der Waals surface area contributed by atoms with Crippen LogP contribution in [0.25, 0.3) is 0 Å². The largest absolute Gasteiger partial charge is 0.437 e. The SMILES string of the molecule is CC1CCCN(c2nc(C(F)(F)F)c(C(=O)Nc3ccc(NC4CN(C(=O)Nc5ccccc5F)C4)nc3)o2)C1. The van der Waals surface area contributed by atoms with Crippen molar-refractivity contribution in [3.05, 3.63) is 59.9 Å². The van der Waals surface area contributed by atoms with Gasteiger partial charge in [0.05, 0.1) is 23.6 Å². The molecule has 5 rings (SSSR count). The number of anilines is 4. The van der Waals surface area contributed by atoms with Crippen LogP contribution in [-0.4, -0.2) is 59.0 Å². The molecule has 1 unspecified atom stereocenters. The van der Waals surface area contributed by atoms with E-state index in [2.05, 4.69) is 25.9 Å². The first kappa shape index (κ1) is 27.2. The second-order valence-electron chi connectivity index (χ2n) is 9.91. The number of aromatic nitrogens is 2. The minimum Gasteiger partial charge on any atom is -0.417 e. The van der Waals surface area contributed by atoms with Crippen LogP contribution in [0.15, 0.2) is 47.0 Å². The Bertz CT molecular complexity index is 1370. The summed E-state index contributed by atoms with van der Waals surface area (Å²) in [6.07, 6.45) is -1.83. The van der Waals surface area contributed by atoms with Crippen LogP contribution in [0.3, 0.4) is 0 Å². The van der Waals surface area contributed by atoms with Gasteiger partial charge in [0, 0.05) is 26.2 Å². The number of urea groups is 1. The molecule has 0 radical (unpaired) electrons. The number of nitrogens with one attached hydrogen (secondary N) is 3. The fourth-order valence-electron chi connectivity index (χ4n) is 4.60. The molecular formula is C26H27F4N7O3. The van der Waals surface area contributed by atoms with Gasteiger partial charge in [-0.25, -0.2) is 14.2 Å². The zero-order chi connectivity index (χ0) is 28.4. The summed E-state index contributed by atoms with van der Waals surface area (Å²) in [7, 11) is 0. The van der Waals surface area contributed by atoms with Crippen molar-refractivity contribution < 1.29 is 31.6 Å². The Morgan fingerprint density at radius 2 is 1.85 bits per heavy atom. The minimum absolute atomic E-state index is 0.0909. The standard InChI is InChI=1S/C26H27F4N7O3/c1-15-5-4-10-36(12-15)25-35-22(26(28,29)30)21(40-25)23(38)33-16-8-9-20(31-11-16)32-17-13-37(14-17)24(39)34-19-7-3-2-6-18(19)27/h2-3,6-9,11,15,17H,4-5,10,12-14H2,1H3,(H,31,32)(H,33,38)(H,34,39). The van der Waals surface area contributed by atoms with E-state index in [-0.39, 0.29) is 29.3 Å².